The van der Waals surface area contributed by atoms with Crippen LogP contribution in [0.1, 0.15) is 26.7 Å². The van der Waals surface area contributed by atoms with Gasteiger partial charge >= 0.3 is 0 Å². The molecule has 2 unspecified atom stereocenters. The number of nitrogens with zero attached hydrogens (tertiary/aromatic N) is 1. The fourth-order valence-electron chi connectivity index (χ4n) is 2.72. The number of allylic oxidation sites excluding steroid dienone is 2. The number of nitrogens with one attached hydrogen (secondary N) is 1. The molecule has 3 rings (SSSR count). The summed E-state index contributed by atoms with van der Waals surface area (Å²) in [5.74, 6) is 1.52. The minimum atomic E-state index is 0.216. The van der Waals surface area contributed by atoms with E-state index in [1.807, 2.05) is 6.21 Å². The van der Waals surface area contributed by atoms with Crippen LogP contribution in [0.2, 0.25) is 0 Å². The molecule has 3 aliphatic carbocycles. The predicted octanol–water partition coefficient (Wildman–Crippen LogP) is 1.80. The second-order valence-corrected chi connectivity index (χ2v) is 5.42. The van der Waals surface area contributed by atoms with Gasteiger partial charge in [-0.1, -0.05) is 19.9 Å². The molecule has 1 saturated carbocycles. The molecular formula is C11H17N3S. The van der Waals surface area contributed by atoms with Gasteiger partial charge in [-0.05, 0) is 47.9 Å². The van der Waals surface area contributed by atoms with Gasteiger partial charge in [-0.15, -0.1) is 0 Å². The lowest BCUT2D eigenvalue weighted by molar-refractivity contribution is -0.00126. The van der Waals surface area contributed by atoms with Gasteiger partial charge < -0.3 is 5.73 Å². The summed E-state index contributed by atoms with van der Waals surface area (Å²) in [4.78, 5) is 0. The zero-order valence-electron chi connectivity index (χ0n) is 9.16. The minimum Gasteiger partial charge on any atom is -0.375 e. The van der Waals surface area contributed by atoms with Crippen molar-refractivity contribution >= 4 is 23.5 Å². The fraction of sp³-hybridized carbons (Fsp3) is 0.636. The van der Waals surface area contributed by atoms with E-state index in [9.17, 15) is 0 Å². The molecule has 0 heterocycles. The summed E-state index contributed by atoms with van der Waals surface area (Å²) in [7, 11) is 0. The molecule has 3 nitrogen and oxygen atoms in total. The van der Waals surface area contributed by atoms with Gasteiger partial charge in [0.25, 0.3) is 0 Å². The molecule has 82 valence electrons. The summed E-state index contributed by atoms with van der Waals surface area (Å²) in [6, 6.07) is 0. The predicted molar refractivity (Wildman–Crippen MR) is 66.5 cm³/mol. The highest BCUT2D eigenvalue weighted by Gasteiger charge is 2.50. The van der Waals surface area contributed by atoms with Crippen LogP contribution in [0.4, 0.5) is 0 Å². The molecular weight excluding hydrogens is 206 g/mol. The number of hydrogen-bond donors (Lipinski definition) is 2. The molecule has 2 atom stereocenters. The first-order valence-electron chi connectivity index (χ1n) is 5.30. The van der Waals surface area contributed by atoms with Crippen LogP contribution in [0.5, 0.6) is 0 Å². The number of thiocarbonyl (C=S) groups is 1. The van der Waals surface area contributed by atoms with Gasteiger partial charge in [-0.25, -0.2) is 0 Å². The van der Waals surface area contributed by atoms with E-state index in [0.717, 1.165) is 5.92 Å². The molecule has 0 spiro atoms. The molecule has 0 aromatic heterocycles. The van der Waals surface area contributed by atoms with E-state index in [0.29, 0.717) is 11.3 Å². The van der Waals surface area contributed by atoms with Crippen LogP contribution in [-0.2, 0) is 0 Å². The lowest BCUT2D eigenvalue weighted by Crippen LogP contribution is -2.48. The average molecular weight is 223 g/mol. The largest absolute Gasteiger partial charge is 0.375 e. The molecule has 0 aromatic rings. The Balaban J connectivity index is 2.02. The molecule has 1 fully saturated rings. The third-order valence-electron chi connectivity index (χ3n) is 3.90. The van der Waals surface area contributed by atoms with Crippen LogP contribution in [0.25, 0.3) is 0 Å². The number of hydrazone groups is 1. The van der Waals surface area contributed by atoms with E-state index >= 15 is 0 Å². The van der Waals surface area contributed by atoms with Gasteiger partial charge in [-0.3, -0.25) is 5.43 Å². The molecule has 3 N–H and O–H groups in total. The highest BCUT2D eigenvalue weighted by atomic mass is 32.1. The lowest BCUT2D eigenvalue weighted by Gasteiger charge is -2.55. The molecule has 0 saturated heterocycles. The topological polar surface area (TPSA) is 50.4 Å². The van der Waals surface area contributed by atoms with Gasteiger partial charge in [0.2, 0.25) is 0 Å². The number of rotatable bonds is 2. The van der Waals surface area contributed by atoms with E-state index in [2.05, 4.69) is 42.7 Å². The van der Waals surface area contributed by atoms with Crippen molar-refractivity contribution in [1.82, 2.24) is 5.43 Å². The van der Waals surface area contributed by atoms with Crippen LogP contribution in [0.15, 0.2) is 16.8 Å². The Morgan fingerprint density at radius 3 is 3.00 bits per heavy atom. The Kier molecular flexibility index (Phi) is 2.54. The number of fused-ring (bicyclic) bond motifs is 1. The van der Waals surface area contributed by atoms with Crippen molar-refractivity contribution < 1.29 is 0 Å². The van der Waals surface area contributed by atoms with Crippen LogP contribution in [0, 0.1) is 17.3 Å². The summed E-state index contributed by atoms with van der Waals surface area (Å²) >= 11 is 4.68. The Labute approximate surface area is 95.8 Å². The zero-order valence-corrected chi connectivity index (χ0v) is 9.97. The molecule has 3 aliphatic rings. The molecule has 4 heteroatoms. The molecule has 15 heavy (non-hydrogen) atoms. The van der Waals surface area contributed by atoms with E-state index in [1.165, 1.54) is 18.4 Å². The van der Waals surface area contributed by atoms with Gasteiger partial charge in [0, 0.05) is 0 Å². The van der Waals surface area contributed by atoms with Crippen molar-refractivity contribution in [1.29, 1.82) is 0 Å². The maximum Gasteiger partial charge on any atom is 0.184 e. The third-order valence-corrected chi connectivity index (χ3v) is 3.99. The molecule has 0 amide bonds. The number of nitrogens with two attached hydrogens (primary N) is 1. The van der Waals surface area contributed by atoms with Crippen molar-refractivity contribution in [3.63, 3.8) is 0 Å². The molecule has 0 aliphatic heterocycles. The molecule has 0 radical (unpaired) electrons. The lowest BCUT2D eigenvalue weighted by atomic mass is 9.49. The Morgan fingerprint density at radius 1 is 1.73 bits per heavy atom. The van der Waals surface area contributed by atoms with Gasteiger partial charge in [0.15, 0.2) is 5.11 Å². The van der Waals surface area contributed by atoms with Crippen molar-refractivity contribution in [2.24, 2.45) is 28.1 Å². The van der Waals surface area contributed by atoms with Gasteiger partial charge in [-0.2, -0.15) is 5.10 Å². The van der Waals surface area contributed by atoms with Gasteiger partial charge in [0.1, 0.15) is 0 Å². The van der Waals surface area contributed by atoms with Crippen LogP contribution >= 0.6 is 12.2 Å². The van der Waals surface area contributed by atoms with Crippen LogP contribution < -0.4 is 11.2 Å². The van der Waals surface area contributed by atoms with E-state index in [1.54, 1.807) is 0 Å². The van der Waals surface area contributed by atoms with Crippen LogP contribution in [-0.4, -0.2) is 11.3 Å². The maximum absolute atomic E-state index is 5.29. The zero-order chi connectivity index (χ0) is 11.1. The Bertz CT molecular complexity index is 344. The smallest absolute Gasteiger partial charge is 0.184 e. The number of hydrogen-bond acceptors (Lipinski definition) is 2. The highest BCUT2D eigenvalue weighted by Crippen LogP contribution is 2.58. The quantitative estimate of drug-likeness (QED) is 0.426. The van der Waals surface area contributed by atoms with Crippen LogP contribution in [0.3, 0.4) is 0 Å². The minimum absolute atomic E-state index is 0.216. The molecule has 0 aromatic carbocycles. The third kappa shape index (κ3) is 1.78. The summed E-state index contributed by atoms with van der Waals surface area (Å²) < 4.78 is 0. The monoisotopic (exact) mass is 223 g/mol. The maximum atomic E-state index is 5.29. The first kappa shape index (κ1) is 10.6. The highest BCUT2D eigenvalue weighted by molar-refractivity contribution is 7.80. The summed E-state index contributed by atoms with van der Waals surface area (Å²) in [6.07, 6.45) is 6.63. The average Bonchev–Trinajstić information content (AvgIpc) is 2.17. The standard InChI is InChI=1S/C11H17N3S/c1-11(2)8-4-3-7(9(11)5-8)6-13-14-10(12)15/h3,6,8-9H,4-5H2,1-2H3,(H3,12,14,15). The summed E-state index contributed by atoms with van der Waals surface area (Å²) in [6.45, 7) is 4.68. The van der Waals surface area contributed by atoms with Crippen molar-refractivity contribution in [3.8, 4) is 0 Å². The van der Waals surface area contributed by atoms with E-state index in [4.69, 9.17) is 5.73 Å². The van der Waals surface area contributed by atoms with Crippen molar-refractivity contribution in [2.75, 3.05) is 0 Å². The Morgan fingerprint density at radius 2 is 2.47 bits per heavy atom. The van der Waals surface area contributed by atoms with Gasteiger partial charge in [0.05, 0.1) is 6.21 Å². The summed E-state index contributed by atoms with van der Waals surface area (Å²) in [5, 5.41) is 4.24. The van der Waals surface area contributed by atoms with Crippen molar-refractivity contribution in [2.45, 2.75) is 26.7 Å². The summed E-state index contributed by atoms with van der Waals surface area (Å²) in [5.41, 5.74) is 9.66. The first-order chi connectivity index (χ1) is 7.01. The second-order valence-electron chi connectivity index (χ2n) is 4.98. The van der Waals surface area contributed by atoms with E-state index < -0.39 is 0 Å². The fourth-order valence-corrected chi connectivity index (χ4v) is 2.77. The SMILES string of the molecule is CC1(C)C2CC=C(C=NNC(N)=S)C1C2. The first-order valence-corrected chi connectivity index (χ1v) is 5.71. The second kappa shape index (κ2) is 3.59. The molecule has 2 bridgehead atoms. The normalized spacial score (nSPS) is 32.0. The van der Waals surface area contributed by atoms with E-state index in [-0.39, 0.29) is 5.11 Å². The Hall–Kier alpha value is -0.900. The van der Waals surface area contributed by atoms with Crippen molar-refractivity contribution in [3.05, 3.63) is 11.6 Å².